The average molecular weight is 379 g/mol. The largest absolute Gasteiger partial charge is 0.465 e. The smallest absolute Gasteiger partial charge is 0.244 e. The van der Waals surface area contributed by atoms with E-state index in [2.05, 4.69) is 15.0 Å². The van der Waals surface area contributed by atoms with Gasteiger partial charge in [-0.2, -0.15) is 5.10 Å². The lowest BCUT2D eigenvalue weighted by Crippen LogP contribution is -2.60. The van der Waals surface area contributed by atoms with Gasteiger partial charge in [-0.25, -0.2) is 18.1 Å². The van der Waals surface area contributed by atoms with E-state index in [-0.39, 0.29) is 36.0 Å². The van der Waals surface area contributed by atoms with Gasteiger partial charge in [-0.3, -0.25) is 9.69 Å². The van der Waals surface area contributed by atoms with Gasteiger partial charge in [0.2, 0.25) is 5.91 Å². The summed E-state index contributed by atoms with van der Waals surface area (Å²) >= 11 is 0. The molecular formula is C16H21N5O4S. The molecule has 2 fully saturated rings. The van der Waals surface area contributed by atoms with E-state index in [4.69, 9.17) is 4.42 Å². The lowest BCUT2D eigenvalue weighted by molar-refractivity contribution is -0.138. The summed E-state index contributed by atoms with van der Waals surface area (Å²) in [6, 6.07) is 3.27. The topological polar surface area (TPSA) is 102 Å². The highest BCUT2D eigenvalue weighted by Gasteiger charge is 2.48. The molecule has 2 aromatic heterocycles. The van der Waals surface area contributed by atoms with E-state index in [0.29, 0.717) is 19.6 Å². The molecule has 9 nitrogen and oxygen atoms in total. The Kier molecular flexibility index (Phi) is 4.31. The van der Waals surface area contributed by atoms with Gasteiger partial charge < -0.3 is 9.32 Å². The molecule has 2 aliphatic rings. The minimum atomic E-state index is -3.18. The third-order valence-corrected chi connectivity index (χ3v) is 6.73. The Labute approximate surface area is 151 Å². The molecule has 2 saturated heterocycles. The first kappa shape index (κ1) is 17.2. The van der Waals surface area contributed by atoms with Gasteiger partial charge >= 0.3 is 0 Å². The van der Waals surface area contributed by atoms with Crippen LogP contribution in [0.25, 0.3) is 0 Å². The Hall–Kier alpha value is -2.20. The second-order valence-electron chi connectivity index (χ2n) is 6.87. The maximum Gasteiger partial charge on any atom is 0.244 e. The number of nitrogens with zero attached hydrogens (tertiary/aromatic N) is 5. The zero-order valence-electron chi connectivity index (χ0n) is 14.5. The van der Waals surface area contributed by atoms with Crippen LogP contribution in [0.3, 0.4) is 0 Å². The van der Waals surface area contributed by atoms with E-state index in [1.807, 2.05) is 19.1 Å². The number of piperazine rings is 1. The highest BCUT2D eigenvalue weighted by atomic mass is 32.2. The molecule has 0 bridgehead atoms. The number of amides is 1. The van der Waals surface area contributed by atoms with Crippen LogP contribution < -0.4 is 0 Å². The van der Waals surface area contributed by atoms with Crippen molar-refractivity contribution in [2.24, 2.45) is 0 Å². The molecule has 0 aliphatic carbocycles. The van der Waals surface area contributed by atoms with Crippen LogP contribution in [0.2, 0.25) is 0 Å². The zero-order chi connectivity index (χ0) is 18.3. The third kappa shape index (κ3) is 3.38. The van der Waals surface area contributed by atoms with Crippen molar-refractivity contribution in [3.63, 3.8) is 0 Å². The Balaban J connectivity index is 1.52. The fourth-order valence-electron chi connectivity index (χ4n) is 3.84. The monoisotopic (exact) mass is 379 g/mol. The number of rotatable bonds is 4. The normalized spacial score (nSPS) is 25.3. The number of sulfone groups is 1. The van der Waals surface area contributed by atoms with Gasteiger partial charge in [-0.05, 0) is 19.1 Å². The van der Waals surface area contributed by atoms with Crippen molar-refractivity contribution in [3.05, 3.63) is 36.3 Å². The SMILES string of the molecule is Cc1ccc(CN2CCN(C(=O)Cn3cncn3)[C@H]3CS(=O)(=O)C[C@H]32)o1. The highest BCUT2D eigenvalue weighted by Crippen LogP contribution is 2.28. The highest BCUT2D eigenvalue weighted by molar-refractivity contribution is 7.91. The lowest BCUT2D eigenvalue weighted by Gasteiger charge is -2.43. The molecule has 1 amide bonds. The minimum Gasteiger partial charge on any atom is -0.465 e. The summed E-state index contributed by atoms with van der Waals surface area (Å²) in [7, 11) is -3.18. The fraction of sp³-hybridized carbons (Fsp3) is 0.562. The lowest BCUT2D eigenvalue weighted by atomic mass is 10.0. The van der Waals surface area contributed by atoms with Gasteiger partial charge in [0.15, 0.2) is 9.84 Å². The van der Waals surface area contributed by atoms with Gasteiger partial charge in [-0.15, -0.1) is 0 Å². The Morgan fingerprint density at radius 1 is 1.27 bits per heavy atom. The summed E-state index contributed by atoms with van der Waals surface area (Å²) in [6.07, 6.45) is 2.86. The summed E-state index contributed by atoms with van der Waals surface area (Å²) in [5.41, 5.74) is 0. The number of aromatic nitrogens is 3. The number of carbonyl (C=O) groups excluding carboxylic acids is 1. The van der Waals surface area contributed by atoms with Crippen LogP contribution in [-0.4, -0.2) is 75.6 Å². The van der Waals surface area contributed by atoms with Gasteiger partial charge in [0.1, 0.15) is 30.7 Å². The molecule has 140 valence electrons. The number of hydrogen-bond acceptors (Lipinski definition) is 7. The van der Waals surface area contributed by atoms with Crippen LogP contribution in [0.5, 0.6) is 0 Å². The standard InChI is InChI=1S/C16H21N5O4S/c1-12-2-3-13(25-12)6-19-4-5-21(15-9-26(23,24)8-14(15)19)16(22)7-20-11-17-10-18-20/h2-3,10-11,14-15H,4-9H2,1H3/t14-,15+/m1/s1. The van der Waals surface area contributed by atoms with Gasteiger partial charge in [-0.1, -0.05) is 0 Å². The molecule has 2 aromatic rings. The summed E-state index contributed by atoms with van der Waals surface area (Å²) < 4.78 is 31.6. The number of hydrogen-bond donors (Lipinski definition) is 0. The molecule has 0 N–H and O–H groups in total. The Morgan fingerprint density at radius 3 is 2.77 bits per heavy atom. The summed E-state index contributed by atoms with van der Waals surface area (Å²) in [6.45, 7) is 3.60. The predicted octanol–water partition coefficient (Wildman–Crippen LogP) is -0.310. The van der Waals surface area contributed by atoms with Crippen LogP contribution in [0.15, 0.2) is 29.2 Å². The van der Waals surface area contributed by atoms with E-state index < -0.39 is 9.84 Å². The molecule has 2 atom stereocenters. The van der Waals surface area contributed by atoms with Crippen molar-refractivity contribution in [1.82, 2.24) is 24.6 Å². The van der Waals surface area contributed by atoms with E-state index >= 15 is 0 Å². The first-order chi connectivity index (χ1) is 12.4. The van der Waals surface area contributed by atoms with Crippen molar-refractivity contribution in [3.8, 4) is 0 Å². The second kappa shape index (κ2) is 6.51. The molecule has 10 heteroatoms. The predicted molar refractivity (Wildman–Crippen MR) is 91.8 cm³/mol. The molecule has 0 radical (unpaired) electrons. The average Bonchev–Trinajstić information content (AvgIpc) is 3.28. The van der Waals surface area contributed by atoms with Crippen LogP contribution in [0.4, 0.5) is 0 Å². The van der Waals surface area contributed by atoms with Crippen molar-refractivity contribution >= 4 is 15.7 Å². The van der Waals surface area contributed by atoms with Crippen molar-refractivity contribution in [2.75, 3.05) is 24.6 Å². The number of furan rings is 1. The van der Waals surface area contributed by atoms with Crippen LogP contribution in [0.1, 0.15) is 11.5 Å². The number of aryl methyl sites for hydroxylation is 1. The molecule has 4 heterocycles. The number of carbonyl (C=O) groups is 1. The molecule has 0 saturated carbocycles. The Morgan fingerprint density at radius 2 is 2.08 bits per heavy atom. The van der Waals surface area contributed by atoms with E-state index in [0.717, 1.165) is 11.5 Å². The molecular weight excluding hydrogens is 358 g/mol. The van der Waals surface area contributed by atoms with Gasteiger partial charge in [0.05, 0.1) is 24.1 Å². The summed E-state index contributed by atoms with van der Waals surface area (Å²) in [4.78, 5) is 20.3. The first-order valence-corrected chi connectivity index (χ1v) is 10.3. The first-order valence-electron chi connectivity index (χ1n) is 8.53. The van der Waals surface area contributed by atoms with Crippen molar-refractivity contribution in [1.29, 1.82) is 0 Å². The molecule has 26 heavy (non-hydrogen) atoms. The third-order valence-electron chi connectivity index (χ3n) is 5.03. The van der Waals surface area contributed by atoms with Crippen LogP contribution in [-0.2, 0) is 27.7 Å². The van der Waals surface area contributed by atoms with E-state index in [1.165, 1.54) is 17.3 Å². The maximum absolute atomic E-state index is 12.7. The fourth-order valence-corrected chi connectivity index (χ4v) is 5.86. The molecule has 0 unspecified atom stereocenters. The molecule has 0 spiro atoms. The summed E-state index contributed by atoms with van der Waals surface area (Å²) in [5.74, 6) is 1.60. The minimum absolute atomic E-state index is 0.00838. The number of fused-ring (bicyclic) bond motifs is 1. The molecule has 0 aromatic carbocycles. The van der Waals surface area contributed by atoms with Crippen LogP contribution in [0, 0.1) is 6.92 Å². The van der Waals surface area contributed by atoms with E-state index in [9.17, 15) is 13.2 Å². The second-order valence-corrected chi connectivity index (χ2v) is 9.03. The van der Waals surface area contributed by atoms with Gasteiger partial charge in [0.25, 0.3) is 0 Å². The van der Waals surface area contributed by atoms with Crippen molar-refractivity contribution < 1.29 is 17.6 Å². The quantitative estimate of drug-likeness (QED) is 0.718. The Bertz CT molecular complexity index is 892. The summed E-state index contributed by atoms with van der Waals surface area (Å²) in [5, 5.41) is 3.96. The van der Waals surface area contributed by atoms with E-state index in [1.54, 1.807) is 4.90 Å². The maximum atomic E-state index is 12.7. The van der Waals surface area contributed by atoms with Gasteiger partial charge in [0, 0.05) is 19.1 Å². The molecule has 4 rings (SSSR count). The zero-order valence-corrected chi connectivity index (χ0v) is 15.3. The van der Waals surface area contributed by atoms with Crippen LogP contribution >= 0.6 is 0 Å². The van der Waals surface area contributed by atoms with Crippen molar-refractivity contribution in [2.45, 2.75) is 32.1 Å². The molecule has 2 aliphatic heterocycles.